The molecule has 0 N–H and O–H groups in total. The van der Waals surface area contributed by atoms with Gasteiger partial charge in [-0.2, -0.15) is 0 Å². The van der Waals surface area contributed by atoms with Gasteiger partial charge in [-0.1, -0.05) is 55.5 Å². The van der Waals surface area contributed by atoms with Crippen LogP contribution in [0.25, 0.3) is 0 Å². The average Bonchev–Trinajstić information content (AvgIpc) is 2.65. The van der Waals surface area contributed by atoms with Gasteiger partial charge < -0.3 is 0 Å². The van der Waals surface area contributed by atoms with Gasteiger partial charge in [-0.15, -0.1) is 0 Å². The second-order valence-electron chi connectivity index (χ2n) is 6.36. The van der Waals surface area contributed by atoms with Crippen LogP contribution in [-0.2, 0) is 10.2 Å². The molecule has 1 spiro atoms. The molecule has 0 bridgehead atoms. The van der Waals surface area contributed by atoms with Crippen LogP contribution in [0.4, 0.5) is 0 Å². The van der Waals surface area contributed by atoms with Crippen LogP contribution in [0.2, 0.25) is 0 Å². The Hall–Kier alpha value is -3.01. The lowest BCUT2D eigenvalue weighted by Crippen LogP contribution is -2.55. The van der Waals surface area contributed by atoms with Crippen LogP contribution >= 0.6 is 0 Å². The lowest BCUT2D eigenvalue weighted by Gasteiger charge is -2.42. The first-order valence-electron chi connectivity index (χ1n) is 8.40. The average molecular weight is 331 g/mol. The maximum absolute atomic E-state index is 13.5. The van der Waals surface area contributed by atoms with E-state index in [-0.39, 0.29) is 17.6 Å². The molecule has 25 heavy (non-hydrogen) atoms. The summed E-state index contributed by atoms with van der Waals surface area (Å²) in [6.07, 6.45) is 3.80. The van der Waals surface area contributed by atoms with Gasteiger partial charge in [-0.3, -0.25) is 19.3 Å². The highest BCUT2D eigenvalue weighted by molar-refractivity contribution is 6.19. The van der Waals surface area contributed by atoms with Crippen LogP contribution in [0.1, 0.15) is 45.2 Å². The van der Waals surface area contributed by atoms with E-state index in [0.717, 1.165) is 0 Å². The summed E-state index contributed by atoms with van der Waals surface area (Å²) in [4.78, 5) is 40.0. The minimum Gasteiger partial charge on any atom is -0.289 e. The molecule has 4 nitrogen and oxygen atoms in total. The molecule has 0 saturated heterocycles. The van der Waals surface area contributed by atoms with E-state index >= 15 is 0 Å². The summed E-state index contributed by atoms with van der Waals surface area (Å²) in [5, 5.41) is 0. The second kappa shape index (κ2) is 5.52. The zero-order valence-corrected chi connectivity index (χ0v) is 13.9. The standard InChI is InChI=1S/C21H17NO3/c1-2-13-22-19(24)15-8-4-6-10-17(15)21(20(22)25)12-11-18(23)14-7-3-5-9-16(14)21/h3-12H,2,13H2,1H3. The van der Waals surface area contributed by atoms with Crippen molar-refractivity contribution in [2.75, 3.05) is 6.54 Å². The maximum Gasteiger partial charge on any atom is 0.260 e. The molecule has 0 radical (unpaired) electrons. The highest BCUT2D eigenvalue weighted by atomic mass is 16.2. The first-order valence-corrected chi connectivity index (χ1v) is 8.40. The highest BCUT2D eigenvalue weighted by Crippen LogP contribution is 2.45. The van der Waals surface area contributed by atoms with E-state index in [1.807, 2.05) is 31.2 Å². The van der Waals surface area contributed by atoms with Gasteiger partial charge in [0.05, 0.1) is 0 Å². The Balaban J connectivity index is 2.08. The zero-order chi connectivity index (χ0) is 17.6. The summed E-state index contributed by atoms with van der Waals surface area (Å²) < 4.78 is 0. The number of allylic oxidation sites excluding steroid dienone is 1. The van der Waals surface area contributed by atoms with Gasteiger partial charge in [0.25, 0.3) is 5.91 Å². The molecule has 2 amide bonds. The summed E-state index contributed by atoms with van der Waals surface area (Å²) >= 11 is 0. The quantitative estimate of drug-likeness (QED) is 0.795. The van der Waals surface area contributed by atoms with Gasteiger partial charge >= 0.3 is 0 Å². The number of ketones is 1. The number of nitrogens with zero attached hydrogens (tertiary/aromatic N) is 1. The molecule has 1 unspecified atom stereocenters. The number of benzene rings is 2. The van der Waals surface area contributed by atoms with Crippen molar-refractivity contribution in [3.05, 3.63) is 82.9 Å². The first kappa shape index (κ1) is 15.5. The maximum atomic E-state index is 13.5. The SMILES string of the molecule is CCCN1C(=O)c2ccccc2C2(C=CC(=O)c3ccccc32)C1=O. The van der Waals surface area contributed by atoms with Crippen LogP contribution in [0.3, 0.4) is 0 Å². The number of carbonyl (C=O) groups excluding carboxylic acids is 3. The highest BCUT2D eigenvalue weighted by Gasteiger charge is 2.52. The second-order valence-corrected chi connectivity index (χ2v) is 6.36. The van der Waals surface area contributed by atoms with Gasteiger partial charge in [0.15, 0.2) is 5.78 Å². The minimum absolute atomic E-state index is 0.120. The van der Waals surface area contributed by atoms with Gasteiger partial charge in [-0.05, 0) is 29.7 Å². The predicted molar refractivity (Wildman–Crippen MR) is 93.5 cm³/mol. The molecule has 1 aliphatic carbocycles. The molecule has 0 fully saturated rings. The number of amides is 2. The summed E-state index contributed by atoms with van der Waals surface area (Å²) in [5.74, 6) is -0.671. The largest absolute Gasteiger partial charge is 0.289 e. The van der Waals surface area contributed by atoms with Gasteiger partial charge in [-0.25, -0.2) is 0 Å². The van der Waals surface area contributed by atoms with E-state index in [0.29, 0.717) is 35.2 Å². The fourth-order valence-electron chi connectivity index (χ4n) is 3.85. The third-order valence-electron chi connectivity index (χ3n) is 4.96. The van der Waals surface area contributed by atoms with Crippen molar-refractivity contribution in [2.24, 2.45) is 0 Å². The molecule has 0 saturated carbocycles. The van der Waals surface area contributed by atoms with E-state index in [2.05, 4.69) is 0 Å². The molecular weight excluding hydrogens is 314 g/mol. The fraction of sp³-hybridized carbons (Fsp3) is 0.190. The summed E-state index contributed by atoms with van der Waals surface area (Å²) in [6, 6.07) is 14.3. The van der Waals surface area contributed by atoms with Crippen molar-refractivity contribution >= 4 is 17.6 Å². The van der Waals surface area contributed by atoms with E-state index in [4.69, 9.17) is 0 Å². The monoisotopic (exact) mass is 331 g/mol. The minimum atomic E-state index is -1.12. The summed E-state index contributed by atoms with van der Waals surface area (Å²) in [7, 11) is 0. The Morgan fingerprint density at radius 2 is 1.48 bits per heavy atom. The van der Waals surface area contributed by atoms with E-state index in [9.17, 15) is 14.4 Å². The van der Waals surface area contributed by atoms with E-state index < -0.39 is 5.41 Å². The Labute approximate surface area is 145 Å². The lowest BCUT2D eigenvalue weighted by atomic mass is 9.65. The smallest absolute Gasteiger partial charge is 0.260 e. The first-order chi connectivity index (χ1) is 12.1. The molecule has 1 heterocycles. The molecule has 124 valence electrons. The lowest BCUT2D eigenvalue weighted by molar-refractivity contribution is -0.132. The molecule has 0 aromatic heterocycles. The van der Waals surface area contributed by atoms with Crippen molar-refractivity contribution in [1.82, 2.24) is 4.90 Å². The van der Waals surface area contributed by atoms with Crippen molar-refractivity contribution in [1.29, 1.82) is 0 Å². The molecular formula is C21H17NO3. The number of rotatable bonds is 2. The fourth-order valence-corrected chi connectivity index (χ4v) is 3.85. The van der Waals surface area contributed by atoms with Crippen molar-refractivity contribution < 1.29 is 14.4 Å². The Morgan fingerprint density at radius 3 is 2.16 bits per heavy atom. The van der Waals surface area contributed by atoms with Crippen molar-refractivity contribution in [3.63, 3.8) is 0 Å². The van der Waals surface area contributed by atoms with E-state index in [1.165, 1.54) is 11.0 Å². The van der Waals surface area contributed by atoms with Crippen LogP contribution in [0, 0.1) is 0 Å². The normalized spacial score (nSPS) is 21.5. The number of carbonyl (C=O) groups is 3. The third kappa shape index (κ3) is 1.97. The molecule has 2 aromatic rings. The molecule has 2 aliphatic rings. The summed E-state index contributed by atoms with van der Waals surface area (Å²) in [5.41, 5.74) is 1.20. The topological polar surface area (TPSA) is 54.5 Å². The summed E-state index contributed by atoms with van der Waals surface area (Å²) in [6.45, 7) is 2.29. The third-order valence-corrected chi connectivity index (χ3v) is 4.96. The van der Waals surface area contributed by atoms with Crippen LogP contribution in [0.5, 0.6) is 0 Å². The number of fused-ring (bicyclic) bond motifs is 4. The van der Waals surface area contributed by atoms with E-state index in [1.54, 1.807) is 30.3 Å². The van der Waals surface area contributed by atoms with Crippen molar-refractivity contribution in [2.45, 2.75) is 18.8 Å². The van der Waals surface area contributed by atoms with Crippen molar-refractivity contribution in [3.8, 4) is 0 Å². The Morgan fingerprint density at radius 1 is 0.880 bits per heavy atom. The van der Waals surface area contributed by atoms with Crippen LogP contribution < -0.4 is 0 Å². The molecule has 4 heteroatoms. The molecule has 2 aromatic carbocycles. The zero-order valence-electron chi connectivity index (χ0n) is 13.9. The van der Waals surface area contributed by atoms with Gasteiger partial charge in [0, 0.05) is 17.7 Å². The van der Waals surface area contributed by atoms with Gasteiger partial charge in [0.1, 0.15) is 5.41 Å². The van der Waals surface area contributed by atoms with Gasteiger partial charge in [0.2, 0.25) is 5.91 Å². The Bertz CT molecular complexity index is 944. The molecule has 1 aliphatic heterocycles. The predicted octanol–water partition coefficient (Wildman–Crippen LogP) is 3.12. The molecule has 1 atom stereocenters. The number of hydrogen-bond donors (Lipinski definition) is 0. The number of imide groups is 1. The van der Waals surface area contributed by atoms with Crippen LogP contribution in [0.15, 0.2) is 60.7 Å². The number of hydrogen-bond acceptors (Lipinski definition) is 3. The molecule has 4 rings (SSSR count). The van der Waals surface area contributed by atoms with Crippen LogP contribution in [-0.4, -0.2) is 29.0 Å². The Kier molecular flexibility index (Phi) is 3.42.